The summed E-state index contributed by atoms with van der Waals surface area (Å²) in [6, 6.07) is 12.1. The van der Waals surface area contributed by atoms with Crippen molar-refractivity contribution in [3.8, 4) is 0 Å². The van der Waals surface area contributed by atoms with Crippen LogP contribution in [0.3, 0.4) is 0 Å². The molecular weight excluding hydrogens is 307 g/mol. The fourth-order valence-electron chi connectivity index (χ4n) is 2.30. The van der Waals surface area contributed by atoms with Crippen LogP contribution >= 0.6 is 0 Å². The fraction of sp³-hybridized carbons (Fsp3) is 0.222. The third-order valence-electron chi connectivity index (χ3n) is 3.49. The molecule has 5 nitrogen and oxygen atoms in total. The Hall–Kier alpha value is -2.89. The monoisotopic (exact) mass is 326 g/mol. The van der Waals surface area contributed by atoms with E-state index in [1.165, 1.54) is 12.1 Å². The zero-order valence-corrected chi connectivity index (χ0v) is 13.4. The van der Waals surface area contributed by atoms with E-state index in [0.29, 0.717) is 19.0 Å². The Labute approximate surface area is 140 Å². The summed E-state index contributed by atoms with van der Waals surface area (Å²) in [6.07, 6.45) is 2.41. The number of nitrogens with zero attached hydrogens (tertiary/aromatic N) is 2. The van der Waals surface area contributed by atoms with Gasteiger partial charge in [-0.05, 0) is 43.2 Å². The maximum Gasteiger partial charge on any atom is 0.224 e. The Balaban J connectivity index is 1.55. The van der Waals surface area contributed by atoms with Gasteiger partial charge in [0.1, 0.15) is 17.4 Å². The lowest BCUT2D eigenvalue weighted by molar-refractivity contribution is 0.518. The smallest absolute Gasteiger partial charge is 0.224 e. The molecule has 3 rings (SSSR count). The summed E-state index contributed by atoms with van der Waals surface area (Å²) in [4.78, 5) is 8.82. The molecule has 0 unspecified atom stereocenters. The average molecular weight is 326 g/mol. The highest BCUT2D eigenvalue weighted by molar-refractivity contribution is 5.42. The van der Waals surface area contributed by atoms with Crippen molar-refractivity contribution < 1.29 is 8.81 Å². The summed E-state index contributed by atoms with van der Waals surface area (Å²) >= 11 is 0. The first-order valence-corrected chi connectivity index (χ1v) is 7.79. The molecule has 124 valence electrons. The minimum atomic E-state index is -0.221. The number of furan rings is 1. The Bertz CT molecular complexity index is 772. The second kappa shape index (κ2) is 7.59. The van der Waals surface area contributed by atoms with E-state index in [9.17, 15) is 4.39 Å². The molecule has 2 heterocycles. The minimum absolute atomic E-state index is 0.221. The Morgan fingerprint density at radius 2 is 1.92 bits per heavy atom. The Kier molecular flexibility index (Phi) is 5.05. The van der Waals surface area contributed by atoms with Crippen LogP contribution in [0.1, 0.15) is 17.0 Å². The van der Waals surface area contributed by atoms with Crippen molar-refractivity contribution in [2.24, 2.45) is 0 Å². The van der Waals surface area contributed by atoms with Crippen LogP contribution in [0.15, 0.2) is 53.1 Å². The van der Waals surface area contributed by atoms with Gasteiger partial charge in [0.05, 0.1) is 12.8 Å². The van der Waals surface area contributed by atoms with Crippen molar-refractivity contribution in [1.29, 1.82) is 0 Å². The van der Waals surface area contributed by atoms with Crippen LogP contribution in [0, 0.1) is 12.7 Å². The third-order valence-corrected chi connectivity index (χ3v) is 3.49. The van der Waals surface area contributed by atoms with Crippen LogP contribution < -0.4 is 10.6 Å². The van der Waals surface area contributed by atoms with E-state index in [0.717, 1.165) is 29.3 Å². The number of hydrogen-bond acceptors (Lipinski definition) is 5. The molecule has 0 fully saturated rings. The first-order chi connectivity index (χ1) is 11.7. The summed E-state index contributed by atoms with van der Waals surface area (Å²) in [5.41, 5.74) is 1.93. The van der Waals surface area contributed by atoms with Gasteiger partial charge >= 0.3 is 0 Å². The number of aromatic nitrogens is 2. The molecule has 0 aliphatic carbocycles. The van der Waals surface area contributed by atoms with Gasteiger partial charge < -0.3 is 15.1 Å². The molecule has 0 aliphatic rings. The highest BCUT2D eigenvalue weighted by atomic mass is 19.1. The van der Waals surface area contributed by atoms with E-state index in [1.54, 1.807) is 18.4 Å². The van der Waals surface area contributed by atoms with Gasteiger partial charge in [0.15, 0.2) is 0 Å². The molecular formula is C18H19FN4O. The first kappa shape index (κ1) is 16.0. The lowest BCUT2D eigenvalue weighted by Gasteiger charge is -2.09. The predicted octanol–water partition coefficient (Wildman–Crippen LogP) is 3.78. The minimum Gasteiger partial charge on any atom is -0.467 e. The van der Waals surface area contributed by atoms with Gasteiger partial charge in [-0.25, -0.2) is 9.37 Å². The Morgan fingerprint density at radius 1 is 1.08 bits per heavy atom. The largest absolute Gasteiger partial charge is 0.467 e. The van der Waals surface area contributed by atoms with Gasteiger partial charge in [-0.2, -0.15) is 4.98 Å². The summed E-state index contributed by atoms with van der Waals surface area (Å²) in [5.74, 6) is 1.93. The van der Waals surface area contributed by atoms with Gasteiger partial charge in [-0.3, -0.25) is 0 Å². The van der Waals surface area contributed by atoms with E-state index in [4.69, 9.17) is 4.42 Å². The number of aryl methyl sites for hydroxylation is 1. The summed E-state index contributed by atoms with van der Waals surface area (Å²) in [6.45, 7) is 3.16. The third kappa shape index (κ3) is 4.55. The topological polar surface area (TPSA) is 63.0 Å². The van der Waals surface area contributed by atoms with Gasteiger partial charge in [0.2, 0.25) is 5.95 Å². The van der Waals surface area contributed by atoms with Crippen molar-refractivity contribution in [3.05, 3.63) is 71.6 Å². The first-order valence-electron chi connectivity index (χ1n) is 7.79. The van der Waals surface area contributed by atoms with Crippen molar-refractivity contribution in [1.82, 2.24) is 9.97 Å². The molecule has 0 aliphatic heterocycles. The molecule has 3 aromatic rings. The number of benzene rings is 1. The molecule has 6 heteroatoms. The fourth-order valence-corrected chi connectivity index (χ4v) is 2.30. The standard InChI is InChI=1S/C18H19FN4O/c1-13-11-17(21-12-16-3-2-10-24-16)23-18(22-13)20-9-8-14-4-6-15(19)7-5-14/h2-7,10-11H,8-9,12H2,1H3,(H2,20,21,22,23). The van der Waals surface area contributed by atoms with Crippen molar-refractivity contribution in [2.45, 2.75) is 19.9 Å². The van der Waals surface area contributed by atoms with Crippen LogP contribution in [-0.2, 0) is 13.0 Å². The molecule has 2 aromatic heterocycles. The van der Waals surface area contributed by atoms with E-state index in [2.05, 4.69) is 20.6 Å². The SMILES string of the molecule is Cc1cc(NCc2ccco2)nc(NCCc2ccc(F)cc2)n1. The highest BCUT2D eigenvalue weighted by Gasteiger charge is 2.03. The number of rotatable bonds is 7. The van der Waals surface area contributed by atoms with Gasteiger partial charge in [0, 0.05) is 18.3 Å². The van der Waals surface area contributed by atoms with E-state index in [-0.39, 0.29) is 5.82 Å². The summed E-state index contributed by atoms with van der Waals surface area (Å²) in [5, 5.41) is 6.42. The summed E-state index contributed by atoms with van der Waals surface area (Å²) in [7, 11) is 0. The Morgan fingerprint density at radius 3 is 2.67 bits per heavy atom. The normalized spacial score (nSPS) is 10.6. The molecule has 24 heavy (non-hydrogen) atoms. The molecule has 0 amide bonds. The number of nitrogens with one attached hydrogen (secondary N) is 2. The molecule has 0 spiro atoms. The second-order valence-corrected chi connectivity index (χ2v) is 5.45. The molecule has 0 saturated carbocycles. The van der Waals surface area contributed by atoms with Crippen LogP contribution in [0.2, 0.25) is 0 Å². The zero-order valence-electron chi connectivity index (χ0n) is 13.4. The quantitative estimate of drug-likeness (QED) is 0.692. The molecule has 2 N–H and O–H groups in total. The van der Waals surface area contributed by atoms with Gasteiger partial charge in [0.25, 0.3) is 0 Å². The van der Waals surface area contributed by atoms with E-state index >= 15 is 0 Å². The second-order valence-electron chi connectivity index (χ2n) is 5.45. The molecule has 0 saturated heterocycles. The molecule has 0 bridgehead atoms. The van der Waals surface area contributed by atoms with E-state index < -0.39 is 0 Å². The van der Waals surface area contributed by atoms with E-state index in [1.807, 2.05) is 25.1 Å². The van der Waals surface area contributed by atoms with Crippen LogP contribution in [0.5, 0.6) is 0 Å². The average Bonchev–Trinajstić information content (AvgIpc) is 3.08. The van der Waals surface area contributed by atoms with Crippen LogP contribution in [0.25, 0.3) is 0 Å². The van der Waals surface area contributed by atoms with Crippen LogP contribution in [0.4, 0.5) is 16.2 Å². The van der Waals surface area contributed by atoms with Crippen molar-refractivity contribution in [3.63, 3.8) is 0 Å². The van der Waals surface area contributed by atoms with Crippen molar-refractivity contribution in [2.75, 3.05) is 17.2 Å². The zero-order chi connectivity index (χ0) is 16.8. The number of anilines is 2. The van der Waals surface area contributed by atoms with Gasteiger partial charge in [-0.1, -0.05) is 12.1 Å². The molecule has 0 atom stereocenters. The molecule has 0 radical (unpaired) electrons. The maximum atomic E-state index is 12.9. The predicted molar refractivity (Wildman–Crippen MR) is 91.4 cm³/mol. The molecule has 1 aromatic carbocycles. The van der Waals surface area contributed by atoms with Crippen molar-refractivity contribution >= 4 is 11.8 Å². The number of hydrogen-bond donors (Lipinski definition) is 2. The lowest BCUT2D eigenvalue weighted by atomic mass is 10.1. The van der Waals surface area contributed by atoms with Gasteiger partial charge in [-0.15, -0.1) is 0 Å². The van der Waals surface area contributed by atoms with Crippen LogP contribution in [-0.4, -0.2) is 16.5 Å². The maximum absolute atomic E-state index is 12.9. The number of halogens is 1. The lowest BCUT2D eigenvalue weighted by Crippen LogP contribution is -2.10. The summed E-state index contributed by atoms with van der Waals surface area (Å²) < 4.78 is 18.2. The highest BCUT2D eigenvalue weighted by Crippen LogP contribution is 2.12.